The molecular weight excluding hydrogens is 692 g/mol. The maximum Gasteiger partial charge on any atom is 0.255 e. The van der Waals surface area contributed by atoms with Crippen molar-refractivity contribution in [1.29, 1.82) is 21.6 Å². The summed E-state index contributed by atoms with van der Waals surface area (Å²) in [4.78, 5) is 27.3. The van der Waals surface area contributed by atoms with Gasteiger partial charge in [-0.3, -0.25) is 36.7 Å². The average molecular weight is 739 g/mol. The third-order valence-corrected chi connectivity index (χ3v) is 7.13. The Kier molecular flexibility index (Phi) is 16.1. The van der Waals surface area contributed by atoms with Crippen LogP contribution in [0.1, 0.15) is 76.2 Å². The molecule has 0 saturated carbocycles. The van der Waals surface area contributed by atoms with Crippen molar-refractivity contribution < 1.29 is 9.59 Å². The molecule has 0 spiro atoms. The van der Waals surface area contributed by atoms with Gasteiger partial charge in [-0.2, -0.15) is 20.4 Å². The Morgan fingerprint density at radius 1 is 0.574 bits per heavy atom. The molecular formula is C34H46N18O2. The van der Waals surface area contributed by atoms with Gasteiger partial charge in [0.2, 0.25) is 17.9 Å². The molecule has 20 heteroatoms. The lowest BCUT2D eigenvalue weighted by Crippen LogP contribution is -2.27. The zero-order valence-electron chi connectivity index (χ0n) is 30.7. The molecule has 0 radical (unpaired) electrons. The first-order valence-corrected chi connectivity index (χ1v) is 15.9. The van der Waals surface area contributed by atoms with Gasteiger partial charge in [0.05, 0.1) is 29.2 Å². The minimum Gasteiger partial charge on any atom is -0.369 e. The molecule has 0 heterocycles. The van der Waals surface area contributed by atoms with E-state index in [1.807, 2.05) is 0 Å². The Labute approximate surface area is 312 Å². The molecule has 0 saturated heterocycles. The standard InChI is InChI=1S/C33H41N17O2.CH5N/c1-16-6-7-21(29(51)42-26-10-22(17(2)44-41-15-34)8-23(11-26)18(3)45-48-31(35)36)14-28(16)30(52)43-27-12-24(19(4)46-49-32(37)38)9-25(13-27)20(5)47-50-33(39)40;1-2/h6-15H,1-5H3,(H2,34,41)(H,42,51)(H,43,52)(H4,35,36,48)(H4,37,38,49)(H4,39,40,50);2H2,1H3/b44-17-,45-18-,46-19-,47-20+;. The van der Waals surface area contributed by atoms with Crippen LogP contribution >= 0.6 is 0 Å². The molecule has 20 nitrogen and oxygen atoms in total. The topological polar surface area (TPSA) is 355 Å². The van der Waals surface area contributed by atoms with Crippen molar-refractivity contribution in [2.24, 2.45) is 43.3 Å². The maximum atomic E-state index is 13.7. The highest BCUT2D eigenvalue weighted by Gasteiger charge is 2.17. The lowest BCUT2D eigenvalue weighted by atomic mass is 10.0. The molecule has 3 aromatic rings. The molecule has 0 atom stereocenters. The van der Waals surface area contributed by atoms with E-state index in [0.717, 1.165) is 6.34 Å². The van der Waals surface area contributed by atoms with E-state index in [1.54, 1.807) is 83.1 Å². The van der Waals surface area contributed by atoms with Gasteiger partial charge >= 0.3 is 0 Å². The van der Waals surface area contributed by atoms with E-state index in [9.17, 15) is 9.59 Å². The zero-order chi connectivity index (χ0) is 40.5. The molecule has 0 aliphatic heterocycles. The van der Waals surface area contributed by atoms with Crippen LogP contribution in [0, 0.1) is 28.6 Å². The number of rotatable bonds is 13. The van der Waals surface area contributed by atoms with Crippen LogP contribution in [0.3, 0.4) is 0 Å². The number of hydrazone groups is 4. The molecule has 0 aromatic heterocycles. The number of hydrogen-bond acceptors (Lipinski definition) is 11. The second-order valence-corrected chi connectivity index (χ2v) is 11.2. The molecule has 284 valence electrons. The van der Waals surface area contributed by atoms with Gasteiger partial charge in [-0.05, 0) is 95.8 Å². The van der Waals surface area contributed by atoms with E-state index >= 15 is 0 Å². The van der Waals surface area contributed by atoms with Crippen LogP contribution in [0.25, 0.3) is 0 Å². The van der Waals surface area contributed by atoms with Crippen molar-refractivity contribution in [3.63, 3.8) is 0 Å². The van der Waals surface area contributed by atoms with Crippen LogP contribution in [0.5, 0.6) is 0 Å². The highest BCUT2D eigenvalue weighted by atomic mass is 16.2. The summed E-state index contributed by atoms with van der Waals surface area (Å²) in [7, 11) is 1.50. The largest absolute Gasteiger partial charge is 0.369 e. The minimum absolute atomic E-state index is 0.202. The summed E-state index contributed by atoms with van der Waals surface area (Å²) in [5.41, 5.74) is 36.3. The highest BCUT2D eigenvalue weighted by Crippen LogP contribution is 2.22. The first-order valence-electron chi connectivity index (χ1n) is 15.9. The molecule has 0 aliphatic carbocycles. The number of benzene rings is 3. The van der Waals surface area contributed by atoms with Crippen molar-refractivity contribution in [2.45, 2.75) is 34.6 Å². The van der Waals surface area contributed by atoms with Gasteiger partial charge in [0, 0.05) is 44.8 Å². The molecule has 0 fully saturated rings. The van der Waals surface area contributed by atoms with Gasteiger partial charge in [0.1, 0.15) is 0 Å². The quantitative estimate of drug-likeness (QED) is 0.0682. The monoisotopic (exact) mass is 738 g/mol. The van der Waals surface area contributed by atoms with E-state index in [-0.39, 0.29) is 29.0 Å². The normalized spacial score (nSPS) is 11.6. The summed E-state index contributed by atoms with van der Waals surface area (Å²) >= 11 is 0. The van der Waals surface area contributed by atoms with Crippen molar-refractivity contribution in [1.82, 2.24) is 21.7 Å². The number of nitrogens with zero attached hydrogens (tertiary/aromatic N) is 4. The van der Waals surface area contributed by atoms with Crippen LogP contribution in [0.4, 0.5) is 11.4 Å². The van der Waals surface area contributed by atoms with Crippen LogP contribution in [0.2, 0.25) is 0 Å². The fourth-order valence-corrected chi connectivity index (χ4v) is 4.46. The van der Waals surface area contributed by atoms with E-state index in [2.05, 4.69) is 58.5 Å². The molecule has 0 aliphatic rings. The molecule has 18 N–H and O–H groups in total. The summed E-state index contributed by atoms with van der Waals surface area (Å²) in [6, 6.07) is 15.0. The summed E-state index contributed by atoms with van der Waals surface area (Å²) in [5.74, 6) is -2.05. The summed E-state index contributed by atoms with van der Waals surface area (Å²) in [6.45, 7) is 8.53. The van der Waals surface area contributed by atoms with Gasteiger partial charge in [0.15, 0.2) is 0 Å². The smallest absolute Gasteiger partial charge is 0.255 e. The minimum atomic E-state index is -0.500. The number of nitrogens with two attached hydrogens (primary N) is 4. The maximum absolute atomic E-state index is 13.7. The predicted octanol–water partition coefficient (Wildman–Crippen LogP) is 1.62. The third-order valence-electron chi connectivity index (χ3n) is 7.13. The summed E-state index contributed by atoms with van der Waals surface area (Å²) < 4.78 is 0. The number of nitrogens with one attached hydrogen (secondary N) is 10. The van der Waals surface area contributed by atoms with Crippen LogP contribution < -0.4 is 55.3 Å². The Bertz CT molecular complexity index is 2000. The van der Waals surface area contributed by atoms with Gasteiger partial charge in [-0.15, -0.1) is 0 Å². The van der Waals surface area contributed by atoms with E-state index in [4.69, 9.17) is 38.8 Å². The second-order valence-electron chi connectivity index (χ2n) is 11.2. The average Bonchev–Trinajstić information content (AvgIpc) is 3.14. The van der Waals surface area contributed by atoms with Crippen LogP contribution in [-0.2, 0) is 0 Å². The highest BCUT2D eigenvalue weighted by molar-refractivity contribution is 6.12. The van der Waals surface area contributed by atoms with Gasteiger partial charge in [-0.1, -0.05) is 6.07 Å². The Balaban J connectivity index is 0.00000495. The first kappa shape index (κ1) is 42.7. The SMILES string of the molecule is C/C(=N/NC=N)c1cc(NC(=O)c2ccc(C)c(C(=O)Nc3cc(/C(C)=N\NC(=N)N)cc(/C(C)=N/NC(=N)N)c3)c2)cc(/C(C)=N\NC(=N)N)c1.CN. The van der Waals surface area contributed by atoms with Gasteiger partial charge in [-0.25, -0.2) is 16.3 Å². The van der Waals surface area contributed by atoms with Gasteiger partial charge < -0.3 is 33.6 Å². The molecule has 3 rings (SSSR count). The van der Waals surface area contributed by atoms with E-state index in [1.165, 1.54) is 13.1 Å². The Morgan fingerprint density at radius 2 is 0.944 bits per heavy atom. The van der Waals surface area contributed by atoms with Crippen molar-refractivity contribution in [2.75, 3.05) is 17.7 Å². The molecule has 0 bridgehead atoms. The number of guanidine groups is 3. The number of amides is 2. The Hall–Kier alpha value is -7.48. The van der Waals surface area contributed by atoms with E-state index < -0.39 is 11.8 Å². The lowest BCUT2D eigenvalue weighted by Gasteiger charge is -2.14. The Morgan fingerprint density at radius 3 is 1.31 bits per heavy atom. The fraction of sp³-hybridized carbons (Fsp3) is 0.176. The molecule has 0 unspecified atom stereocenters. The number of aryl methyl sites for hydroxylation is 1. The predicted molar refractivity (Wildman–Crippen MR) is 216 cm³/mol. The van der Waals surface area contributed by atoms with Gasteiger partial charge in [0.25, 0.3) is 11.8 Å². The number of carbonyl (C=O) groups excluding carboxylic acids is 2. The fourth-order valence-electron chi connectivity index (χ4n) is 4.46. The summed E-state index contributed by atoms with van der Waals surface area (Å²) in [6.07, 6.45) is 0.924. The first-order chi connectivity index (χ1) is 25.6. The van der Waals surface area contributed by atoms with Crippen LogP contribution in [-0.4, -0.2) is 65.9 Å². The van der Waals surface area contributed by atoms with Crippen LogP contribution in [0.15, 0.2) is 75.0 Å². The number of hydrogen-bond donors (Lipinski definition) is 14. The molecule has 2 amide bonds. The zero-order valence-corrected chi connectivity index (χ0v) is 30.7. The molecule has 3 aromatic carbocycles. The van der Waals surface area contributed by atoms with Crippen molar-refractivity contribution >= 4 is 70.3 Å². The van der Waals surface area contributed by atoms with Crippen molar-refractivity contribution in [3.05, 3.63) is 93.5 Å². The van der Waals surface area contributed by atoms with Crippen molar-refractivity contribution in [3.8, 4) is 0 Å². The lowest BCUT2D eigenvalue weighted by molar-refractivity contribution is 0.102. The van der Waals surface area contributed by atoms with E-state index in [0.29, 0.717) is 62.0 Å². The third kappa shape index (κ3) is 13.0. The number of anilines is 2. The number of carbonyl (C=O) groups is 2. The summed E-state index contributed by atoms with van der Waals surface area (Å²) in [5, 5.41) is 51.5. The second kappa shape index (κ2) is 20.4. The molecule has 54 heavy (non-hydrogen) atoms.